The molecule has 1 aromatic rings. The molecule has 5 nitrogen and oxygen atoms in total. The molecule has 1 aromatic heterocycles. The molecule has 0 fully saturated rings. The second kappa shape index (κ2) is 6.18. The molecule has 0 aliphatic carbocycles. The van der Waals surface area contributed by atoms with E-state index in [4.69, 9.17) is 16.7 Å². The molecule has 0 aliphatic heterocycles. The molecule has 17 heavy (non-hydrogen) atoms. The van der Waals surface area contributed by atoms with Crippen molar-refractivity contribution in [3.63, 3.8) is 0 Å². The Balaban J connectivity index is 2.82. The highest BCUT2D eigenvalue weighted by Crippen LogP contribution is 2.29. The van der Waals surface area contributed by atoms with Gasteiger partial charge in [-0.2, -0.15) is 0 Å². The Morgan fingerprint density at radius 3 is 2.59 bits per heavy atom. The van der Waals surface area contributed by atoms with Crippen molar-refractivity contribution in [3.05, 3.63) is 10.0 Å². The maximum atomic E-state index is 11.6. The third kappa shape index (κ3) is 3.55. The van der Waals surface area contributed by atoms with Crippen LogP contribution in [0.15, 0.2) is 0 Å². The molecule has 0 unspecified atom stereocenters. The Bertz CT molecular complexity index is 395. The van der Waals surface area contributed by atoms with Crippen LogP contribution in [0.2, 0.25) is 5.15 Å². The lowest BCUT2D eigenvalue weighted by Crippen LogP contribution is -2.36. The van der Waals surface area contributed by atoms with Gasteiger partial charge < -0.3 is 14.9 Å². The van der Waals surface area contributed by atoms with Crippen molar-refractivity contribution in [3.8, 4) is 0 Å². The first kappa shape index (κ1) is 14.2. The number of hydrogen-bond donors (Lipinski definition) is 1. The fraction of sp³-hybridized carbons (Fsp3) is 0.600. The van der Waals surface area contributed by atoms with E-state index in [1.165, 1.54) is 16.2 Å². The number of halogens is 1. The zero-order valence-electron chi connectivity index (χ0n) is 10.1. The van der Waals surface area contributed by atoms with Crippen LogP contribution in [-0.2, 0) is 11.4 Å². The van der Waals surface area contributed by atoms with Gasteiger partial charge in [0.05, 0.1) is 18.0 Å². The van der Waals surface area contributed by atoms with E-state index in [-0.39, 0.29) is 19.1 Å². The number of likely N-dealkylation sites (N-methyl/N-ethyl adjacent to an activating group) is 2. The Morgan fingerprint density at radius 2 is 2.18 bits per heavy atom. The Morgan fingerprint density at radius 1 is 1.53 bits per heavy atom. The van der Waals surface area contributed by atoms with Gasteiger partial charge in [0.15, 0.2) is 5.13 Å². The smallest absolute Gasteiger partial charge is 0.241 e. The van der Waals surface area contributed by atoms with Gasteiger partial charge in [-0.05, 0) is 6.92 Å². The lowest BCUT2D eigenvalue weighted by atomic mass is 10.5. The van der Waals surface area contributed by atoms with Crippen molar-refractivity contribution < 1.29 is 9.90 Å². The van der Waals surface area contributed by atoms with Crippen LogP contribution in [0.4, 0.5) is 5.13 Å². The van der Waals surface area contributed by atoms with Crippen LogP contribution in [0.25, 0.3) is 0 Å². The summed E-state index contributed by atoms with van der Waals surface area (Å²) in [5.41, 5.74) is 0. The number of aliphatic hydroxyl groups is 1. The van der Waals surface area contributed by atoms with Crippen LogP contribution >= 0.6 is 22.9 Å². The molecule has 0 saturated carbocycles. The van der Waals surface area contributed by atoms with Gasteiger partial charge in [-0.1, -0.05) is 22.9 Å². The molecule has 0 aliphatic rings. The first-order chi connectivity index (χ1) is 7.99. The number of carbonyl (C=O) groups is 1. The van der Waals surface area contributed by atoms with Crippen molar-refractivity contribution in [2.75, 3.05) is 32.1 Å². The zero-order valence-corrected chi connectivity index (χ0v) is 11.7. The average Bonchev–Trinajstić information content (AvgIpc) is 2.66. The molecular formula is C10H16ClN3O2S. The van der Waals surface area contributed by atoms with Crippen LogP contribution < -0.4 is 4.90 Å². The summed E-state index contributed by atoms with van der Waals surface area (Å²) in [5, 5.41) is 10.0. The molecule has 96 valence electrons. The van der Waals surface area contributed by atoms with Gasteiger partial charge in [0.1, 0.15) is 5.15 Å². The van der Waals surface area contributed by atoms with Crippen LogP contribution in [0, 0.1) is 0 Å². The predicted octanol–water partition coefficient (Wildman–Crippen LogP) is 1.20. The van der Waals surface area contributed by atoms with Gasteiger partial charge in [0, 0.05) is 20.6 Å². The summed E-state index contributed by atoms with van der Waals surface area (Å²) in [6, 6.07) is 0. The van der Waals surface area contributed by atoms with E-state index in [0.717, 1.165) is 0 Å². The third-order valence-corrected chi connectivity index (χ3v) is 3.78. The Hall–Kier alpha value is -0.850. The molecular weight excluding hydrogens is 262 g/mol. The maximum absolute atomic E-state index is 11.6. The normalized spacial score (nSPS) is 10.4. The Kier molecular flexibility index (Phi) is 5.17. The molecule has 0 bridgehead atoms. The van der Waals surface area contributed by atoms with Crippen LogP contribution in [0.1, 0.15) is 11.8 Å². The van der Waals surface area contributed by atoms with Gasteiger partial charge in [0.25, 0.3) is 0 Å². The van der Waals surface area contributed by atoms with Crippen molar-refractivity contribution in [1.29, 1.82) is 0 Å². The van der Waals surface area contributed by atoms with Crippen molar-refractivity contribution in [2.24, 2.45) is 0 Å². The van der Waals surface area contributed by atoms with Crippen molar-refractivity contribution >= 4 is 34.0 Å². The summed E-state index contributed by atoms with van der Waals surface area (Å²) in [4.78, 5) is 19.8. The minimum atomic E-state index is -0.129. The molecule has 1 N–H and O–H groups in total. The SMILES string of the molecule is CCN(CC(=O)N(C)C)c1nc(Cl)c(CO)s1. The van der Waals surface area contributed by atoms with Crippen LogP contribution in [-0.4, -0.2) is 48.1 Å². The van der Waals surface area contributed by atoms with Gasteiger partial charge in [-0.15, -0.1) is 0 Å². The first-order valence-electron chi connectivity index (χ1n) is 5.20. The van der Waals surface area contributed by atoms with E-state index in [2.05, 4.69) is 4.98 Å². The zero-order chi connectivity index (χ0) is 13.0. The number of thiazole rings is 1. The second-order valence-electron chi connectivity index (χ2n) is 3.67. The van der Waals surface area contributed by atoms with E-state index in [0.29, 0.717) is 21.7 Å². The quantitative estimate of drug-likeness (QED) is 0.879. The monoisotopic (exact) mass is 277 g/mol. The molecule has 0 saturated heterocycles. The number of amides is 1. The highest BCUT2D eigenvalue weighted by atomic mass is 35.5. The van der Waals surface area contributed by atoms with Crippen molar-refractivity contribution in [2.45, 2.75) is 13.5 Å². The van der Waals surface area contributed by atoms with Crippen LogP contribution in [0.3, 0.4) is 0 Å². The lowest BCUT2D eigenvalue weighted by Gasteiger charge is -2.21. The minimum absolute atomic E-state index is 0.00345. The lowest BCUT2D eigenvalue weighted by molar-refractivity contribution is -0.127. The number of rotatable bonds is 5. The van der Waals surface area contributed by atoms with E-state index in [1.54, 1.807) is 14.1 Å². The molecule has 1 rings (SSSR count). The number of aromatic nitrogens is 1. The maximum Gasteiger partial charge on any atom is 0.241 e. The van der Waals surface area contributed by atoms with E-state index < -0.39 is 0 Å². The van der Waals surface area contributed by atoms with Crippen LogP contribution in [0.5, 0.6) is 0 Å². The van der Waals surface area contributed by atoms with E-state index in [1.807, 2.05) is 11.8 Å². The number of aliphatic hydroxyl groups excluding tert-OH is 1. The Labute approximate surface area is 110 Å². The number of anilines is 1. The molecule has 0 radical (unpaired) electrons. The fourth-order valence-electron chi connectivity index (χ4n) is 1.17. The van der Waals surface area contributed by atoms with Gasteiger partial charge in [-0.25, -0.2) is 4.98 Å². The molecule has 0 spiro atoms. The molecule has 0 aromatic carbocycles. The van der Waals surface area contributed by atoms with Gasteiger partial charge in [0.2, 0.25) is 5.91 Å². The molecule has 1 amide bonds. The molecule has 1 heterocycles. The largest absolute Gasteiger partial charge is 0.391 e. The fourth-order valence-corrected chi connectivity index (χ4v) is 2.35. The summed E-state index contributed by atoms with van der Waals surface area (Å²) in [7, 11) is 3.42. The summed E-state index contributed by atoms with van der Waals surface area (Å²) >= 11 is 7.17. The number of hydrogen-bond acceptors (Lipinski definition) is 5. The average molecular weight is 278 g/mol. The van der Waals surface area contributed by atoms with Gasteiger partial charge >= 0.3 is 0 Å². The first-order valence-corrected chi connectivity index (χ1v) is 6.40. The summed E-state index contributed by atoms with van der Waals surface area (Å²) < 4.78 is 0. The number of carbonyl (C=O) groups excluding carboxylic acids is 1. The topological polar surface area (TPSA) is 56.7 Å². The predicted molar refractivity (Wildman–Crippen MR) is 69.6 cm³/mol. The number of nitrogens with zero attached hydrogens (tertiary/aromatic N) is 3. The summed E-state index contributed by atoms with van der Waals surface area (Å²) in [6.45, 7) is 2.74. The minimum Gasteiger partial charge on any atom is -0.391 e. The molecule has 0 atom stereocenters. The highest BCUT2D eigenvalue weighted by molar-refractivity contribution is 7.16. The molecule has 7 heteroatoms. The standard InChI is InChI=1S/C10H16ClN3O2S/c1-4-14(5-8(16)13(2)3)10-12-9(11)7(6-15)17-10/h15H,4-6H2,1-3H3. The summed E-state index contributed by atoms with van der Waals surface area (Å²) in [5.74, 6) is 0.00345. The van der Waals surface area contributed by atoms with E-state index >= 15 is 0 Å². The highest BCUT2D eigenvalue weighted by Gasteiger charge is 2.17. The third-order valence-electron chi connectivity index (χ3n) is 2.26. The second-order valence-corrected chi connectivity index (χ2v) is 5.09. The summed E-state index contributed by atoms with van der Waals surface area (Å²) in [6.07, 6.45) is 0. The van der Waals surface area contributed by atoms with Gasteiger partial charge in [-0.3, -0.25) is 4.79 Å². The van der Waals surface area contributed by atoms with Crippen molar-refractivity contribution in [1.82, 2.24) is 9.88 Å². The van der Waals surface area contributed by atoms with E-state index in [9.17, 15) is 4.79 Å².